The van der Waals surface area contributed by atoms with Crippen molar-refractivity contribution in [1.82, 2.24) is 9.97 Å². The van der Waals surface area contributed by atoms with Gasteiger partial charge in [0.25, 0.3) is 0 Å². The number of hydrogen-bond acceptors (Lipinski definition) is 8. The highest BCUT2D eigenvalue weighted by Gasteiger charge is 2.24. The average Bonchev–Trinajstić information content (AvgIpc) is 2.72. The van der Waals surface area contributed by atoms with Crippen molar-refractivity contribution in [3.8, 4) is 0 Å². The van der Waals surface area contributed by atoms with Crippen LogP contribution in [0.2, 0.25) is 0 Å². The maximum absolute atomic E-state index is 11.8. The first-order chi connectivity index (χ1) is 14.4. The van der Waals surface area contributed by atoms with E-state index in [1.807, 2.05) is 32.0 Å². The van der Waals surface area contributed by atoms with Gasteiger partial charge in [0, 0.05) is 11.4 Å². The molecule has 9 nitrogen and oxygen atoms in total. The smallest absolute Gasteiger partial charge is 0.353 e. The van der Waals surface area contributed by atoms with Gasteiger partial charge in [-0.3, -0.25) is 10.1 Å². The van der Waals surface area contributed by atoms with Crippen molar-refractivity contribution in [2.75, 3.05) is 17.2 Å². The van der Waals surface area contributed by atoms with Crippen molar-refractivity contribution in [2.45, 2.75) is 20.8 Å². The summed E-state index contributed by atoms with van der Waals surface area (Å²) in [5.74, 6) is -0.321. The highest BCUT2D eigenvalue weighted by molar-refractivity contribution is 5.90. The Hall–Kier alpha value is -4.01. The number of aromatic nitrogens is 2. The van der Waals surface area contributed by atoms with Crippen molar-refractivity contribution in [3.63, 3.8) is 0 Å². The Kier molecular flexibility index (Phi) is 6.21. The summed E-state index contributed by atoms with van der Waals surface area (Å²) in [5, 5.41) is 17.7. The van der Waals surface area contributed by atoms with Crippen molar-refractivity contribution >= 4 is 34.7 Å². The molecule has 3 rings (SSSR count). The second-order valence-corrected chi connectivity index (χ2v) is 6.47. The molecule has 154 valence electrons. The number of nitro groups is 1. The Morgan fingerprint density at radius 1 is 1.07 bits per heavy atom. The number of carbonyl (C=O) groups is 1. The number of ether oxygens (including phenoxy) is 1. The molecule has 2 aromatic carbocycles. The minimum Gasteiger partial charge on any atom is -0.462 e. The molecule has 0 aliphatic heterocycles. The van der Waals surface area contributed by atoms with E-state index in [0.29, 0.717) is 11.3 Å². The molecule has 0 aliphatic rings. The monoisotopic (exact) mass is 407 g/mol. The molecule has 0 bridgehead atoms. The van der Waals surface area contributed by atoms with E-state index < -0.39 is 10.9 Å². The van der Waals surface area contributed by atoms with Crippen molar-refractivity contribution in [1.29, 1.82) is 0 Å². The van der Waals surface area contributed by atoms with Crippen LogP contribution in [0.3, 0.4) is 0 Å². The average molecular weight is 407 g/mol. The maximum atomic E-state index is 11.8. The third kappa shape index (κ3) is 4.52. The molecule has 0 fully saturated rings. The Balaban J connectivity index is 1.90. The van der Waals surface area contributed by atoms with E-state index in [1.165, 1.54) is 6.33 Å². The number of hydrogen-bond donors (Lipinski definition) is 2. The summed E-state index contributed by atoms with van der Waals surface area (Å²) >= 11 is 0. The normalized spacial score (nSPS) is 10.4. The fourth-order valence-electron chi connectivity index (χ4n) is 2.79. The van der Waals surface area contributed by atoms with Crippen LogP contribution in [-0.2, 0) is 4.74 Å². The molecule has 0 radical (unpaired) electrons. The summed E-state index contributed by atoms with van der Waals surface area (Å²) in [5.41, 5.74) is 3.38. The summed E-state index contributed by atoms with van der Waals surface area (Å²) in [4.78, 5) is 31.1. The van der Waals surface area contributed by atoms with Crippen LogP contribution < -0.4 is 10.6 Å². The van der Waals surface area contributed by atoms with E-state index >= 15 is 0 Å². The first-order valence-corrected chi connectivity index (χ1v) is 9.27. The van der Waals surface area contributed by atoms with Gasteiger partial charge in [0.1, 0.15) is 6.33 Å². The van der Waals surface area contributed by atoms with Crippen molar-refractivity contribution < 1.29 is 14.5 Å². The predicted octanol–water partition coefficient (Wildman–Crippen LogP) is 4.67. The molecule has 0 saturated heterocycles. The molecule has 30 heavy (non-hydrogen) atoms. The fourth-order valence-corrected chi connectivity index (χ4v) is 2.79. The maximum Gasteiger partial charge on any atom is 0.353 e. The second kappa shape index (κ2) is 8.99. The molecule has 9 heteroatoms. The number of esters is 1. The first-order valence-electron chi connectivity index (χ1n) is 9.27. The Morgan fingerprint density at radius 3 is 2.37 bits per heavy atom. The number of anilines is 4. The number of benzene rings is 2. The van der Waals surface area contributed by atoms with Crippen LogP contribution in [0.5, 0.6) is 0 Å². The van der Waals surface area contributed by atoms with E-state index in [9.17, 15) is 14.9 Å². The lowest BCUT2D eigenvalue weighted by Crippen LogP contribution is -2.07. The van der Waals surface area contributed by atoms with Gasteiger partial charge in [-0.05, 0) is 62.2 Å². The number of rotatable bonds is 7. The molecule has 0 amide bonds. The summed E-state index contributed by atoms with van der Waals surface area (Å²) in [6, 6.07) is 12.0. The Bertz CT molecular complexity index is 1080. The minimum absolute atomic E-state index is 0.0340. The molecule has 3 aromatic rings. The zero-order chi connectivity index (χ0) is 21.7. The summed E-state index contributed by atoms with van der Waals surface area (Å²) in [6.07, 6.45) is 1.25. The van der Waals surface area contributed by atoms with Gasteiger partial charge in [0.15, 0.2) is 0 Å². The number of aryl methyl sites for hydroxylation is 1. The third-order valence-corrected chi connectivity index (χ3v) is 4.52. The van der Waals surface area contributed by atoms with E-state index in [2.05, 4.69) is 20.6 Å². The van der Waals surface area contributed by atoms with Crippen LogP contribution >= 0.6 is 0 Å². The third-order valence-electron chi connectivity index (χ3n) is 4.52. The molecular weight excluding hydrogens is 386 g/mol. The SMILES string of the molecule is CCOC(=O)c1ccc(Nc2ncnc(Nc3cccc(C)c3C)c2[N+](=O)[O-])cc1. The van der Waals surface area contributed by atoms with Gasteiger partial charge in [-0.1, -0.05) is 12.1 Å². The van der Waals surface area contributed by atoms with E-state index in [4.69, 9.17) is 4.74 Å². The fraction of sp³-hybridized carbons (Fsp3) is 0.190. The van der Waals surface area contributed by atoms with Gasteiger partial charge in [-0.25, -0.2) is 14.8 Å². The molecule has 0 spiro atoms. The summed E-state index contributed by atoms with van der Waals surface area (Å²) in [6.45, 7) is 5.89. The highest BCUT2D eigenvalue weighted by Crippen LogP contribution is 2.34. The van der Waals surface area contributed by atoms with E-state index in [1.54, 1.807) is 31.2 Å². The first kappa shape index (κ1) is 20.7. The lowest BCUT2D eigenvalue weighted by molar-refractivity contribution is -0.383. The Labute approximate surface area is 173 Å². The van der Waals surface area contributed by atoms with Crippen molar-refractivity contribution in [3.05, 3.63) is 75.6 Å². The van der Waals surface area contributed by atoms with Crippen molar-refractivity contribution in [2.24, 2.45) is 0 Å². The quantitative estimate of drug-likeness (QED) is 0.329. The zero-order valence-electron chi connectivity index (χ0n) is 16.8. The molecule has 0 unspecified atom stereocenters. The molecule has 0 atom stereocenters. The van der Waals surface area contributed by atoms with Gasteiger partial charge in [0.2, 0.25) is 11.6 Å². The lowest BCUT2D eigenvalue weighted by Gasteiger charge is -2.13. The van der Waals surface area contributed by atoms with Crippen LogP contribution in [0.4, 0.5) is 28.7 Å². The zero-order valence-corrected chi connectivity index (χ0v) is 16.8. The molecule has 1 heterocycles. The van der Waals surface area contributed by atoms with Gasteiger partial charge in [-0.2, -0.15) is 0 Å². The van der Waals surface area contributed by atoms with Gasteiger partial charge in [0.05, 0.1) is 17.1 Å². The van der Waals surface area contributed by atoms with E-state index in [0.717, 1.165) is 16.8 Å². The minimum atomic E-state index is -0.539. The predicted molar refractivity (Wildman–Crippen MR) is 114 cm³/mol. The number of nitrogens with one attached hydrogen (secondary N) is 2. The molecule has 0 saturated carbocycles. The van der Waals surface area contributed by atoms with Gasteiger partial charge < -0.3 is 15.4 Å². The number of nitrogens with zero attached hydrogens (tertiary/aromatic N) is 3. The summed E-state index contributed by atoms with van der Waals surface area (Å²) < 4.78 is 4.95. The molecule has 1 aromatic heterocycles. The second-order valence-electron chi connectivity index (χ2n) is 6.47. The van der Waals surface area contributed by atoms with E-state index in [-0.39, 0.29) is 23.9 Å². The molecule has 0 aliphatic carbocycles. The highest BCUT2D eigenvalue weighted by atomic mass is 16.6. The van der Waals surface area contributed by atoms with Gasteiger partial charge in [-0.15, -0.1) is 0 Å². The Morgan fingerprint density at radius 2 is 1.73 bits per heavy atom. The molecular formula is C21H21N5O4. The molecule has 2 N–H and O–H groups in total. The van der Waals surface area contributed by atoms with Crippen LogP contribution in [0.15, 0.2) is 48.8 Å². The lowest BCUT2D eigenvalue weighted by atomic mass is 10.1. The number of carbonyl (C=O) groups excluding carboxylic acids is 1. The summed E-state index contributed by atoms with van der Waals surface area (Å²) in [7, 11) is 0. The van der Waals surface area contributed by atoms with Crippen LogP contribution in [0, 0.1) is 24.0 Å². The van der Waals surface area contributed by atoms with Crippen LogP contribution in [-0.4, -0.2) is 27.5 Å². The topological polar surface area (TPSA) is 119 Å². The van der Waals surface area contributed by atoms with Gasteiger partial charge >= 0.3 is 11.7 Å². The van der Waals surface area contributed by atoms with Crippen LogP contribution in [0.25, 0.3) is 0 Å². The standard InChI is InChI=1S/C21H21N5O4/c1-4-30-21(27)15-8-10-16(11-9-15)24-19-18(26(28)29)20(23-12-22-19)25-17-7-5-6-13(2)14(17)3/h5-12H,4H2,1-3H3,(H2,22,23,24,25). The largest absolute Gasteiger partial charge is 0.462 e. The van der Waals surface area contributed by atoms with Crippen LogP contribution in [0.1, 0.15) is 28.4 Å².